The summed E-state index contributed by atoms with van der Waals surface area (Å²) >= 11 is 0. The van der Waals surface area contributed by atoms with Crippen molar-refractivity contribution in [1.82, 2.24) is 4.90 Å². The van der Waals surface area contributed by atoms with E-state index in [2.05, 4.69) is 56.1 Å². The van der Waals surface area contributed by atoms with Crippen LogP contribution in [0.25, 0.3) is 11.8 Å². The fraction of sp³-hybridized carbons (Fsp3) is 0.182. The van der Waals surface area contributed by atoms with Gasteiger partial charge in [-0.2, -0.15) is 0 Å². The van der Waals surface area contributed by atoms with Crippen LogP contribution in [-0.2, 0) is 0 Å². The molecule has 0 saturated carbocycles. The molecule has 128 valence electrons. The number of hydrogen-bond acceptors (Lipinski definition) is 3. The minimum absolute atomic E-state index is 0.433. The summed E-state index contributed by atoms with van der Waals surface area (Å²) in [5.41, 5.74) is 3.60. The van der Waals surface area contributed by atoms with Gasteiger partial charge in [0.05, 0.1) is 5.70 Å². The van der Waals surface area contributed by atoms with Gasteiger partial charge in [-0.05, 0) is 34.9 Å². The van der Waals surface area contributed by atoms with E-state index in [-0.39, 0.29) is 0 Å². The van der Waals surface area contributed by atoms with Crippen molar-refractivity contribution in [2.75, 3.05) is 20.3 Å². The van der Waals surface area contributed by atoms with E-state index in [1.165, 1.54) is 16.5 Å². The molecule has 0 amide bonds. The number of rotatable bonds is 7. The molecule has 1 aliphatic carbocycles. The van der Waals surface area contributed by atoms with Crippen molar-refractivity contribution in [3.8, 4) is 11.5 Å². The summed E-state index contributed by atoms with van der Waals surface area (Å²) < 4.78 is 11.6. The topological polar surface area (TPSA) is 21.7 Å². The van der Waals surface area contributed by atoms with Gasteiger partial charge in [-0.25, -0.2) is 0 Å². The molecule has 25 heavy (non-hydrogen) atoms. The van der Waals surface area contributed by atoms with Crippen LogP contribution in [0.4, 0.5) is 0 Å². The van der Waals surface area contributed by atoms with E-state index in [0.717, 1.165) is 23.0 Å². The summed E-state index contributed by atoms with van der Waals surface area (Å²) in [6.45, 7) is 12.2. The molecule has 1 aromatic carbocycles. The Kier molecular flexibility index (Phi) is 4.94. The summed E-state index contributed by atoms with van der Waals surface area (Å²) in [4.78, 5) is 2.15. The number of fused-ring (bicyclic) bond motifs is 2. The van der Waals surface area contributed by atoms with Gasteiger partial charge in [-0.3, -0.25) is 0 Å². The summed E-state index contributed by atoms with van der Waals surface area (Å²) in [5.74, 6) is 1.44. The van der Waals surface area contributed by atoms with Crippen molar-refractivity contribution in [3.05, 3.63) is 84.0 Å². The van der Waals surface area contributed by atoms with Crippen LogP contribution in [-0.4, -0.2) is 25.2 Å². The Morgan fingerprint density at radius 3 is 2.40 bits per heavy atom. The van der Waals surface area contributed by atoms with Crippen molar-refractivity contribution in [2.45, 2.75) is 6.42 Å². The second-order valence-corrected chi connectivity index (χ2v) is 5.92. The minimum Gasteiger partial charge on any atom is -0.486 e. The highest BCUT2D eigenvalue weighted by molar-refractivity contribution is 5.75. The maximum atomic E-state index is 5.84. The molecule has 0 atom stereocenters. The first-order chi connectivity index (χ1) is 12.2. The van der Waals surface area contributed by atoms with Crippen LogP contribution in [0.15, 0.2) is 73.5 Å². The number of benzene rings is 1. The SMILES string of the molecule is C=CCOc1cc2c(cc1OCC=C)=C1CC=CC(C=C)=C1N(C)C=2. The molecule has 1 aliphatic heterocycles. The molecule has 3 nitrogen and oxygen atoms in total. The number of hydrogen-bond donors (Lipinski definition) is 0. The lowest BCUT2D eigenvalue weighted by Crippen LogP contribution is -2.37. The highest BCUT2D eigenvalue weighted by atomic mass is 16.5. The fourth-order valence-electron chi connectivity index (χ4n) is 3.21. The van der Waals surface area contributed by atoms with Crippen LogP contribution in [0, 0.1) is 0 Å². The van der Waals surface area contributed by atoms with Crippen molar-refractivity contribution in [2.24, 2.45) is 0 Å². The second kappa shape index (κ2) is 7.31. The third-order valence-corrected chi connectivity index (χ3v) is 4.24. The zero-order valence-electron chi connectivity index (χ0n) is 14.6. The van der Waals surface area contributed by atoms with E-state index in [4.69, 9.17) is 9.47 Å². The Bertz CT molecular complexity index is 903. The summed E-state index contributed by atoms with van der Waals surface area (Å²) in [7, 11) is 2.06. The summed E-state index contributed by atoms with van der Waals surface area (Å²) in [6, 6.07) is 4.10. The van der Waals surface area contributed by atoms with E-state index >= 15 is 0 Å². The average Bonchev–Trinajstić information content (AvgIpc) is 2.64. The maximum absolute atomic E-state index is 5.84. The second-order valence-electron chi connectivity index (χ2n) is 5.92. The Morgan fingerprint density at radius 2 is 1.76 bits per heavy atom. The molecule has 1 aromatic rings. The smallest absolute Gasteiger partial charge is 0.162 e. The Hall–Kier alpha value is -2.94. The van der Waals surface area contributed by atoms with Crippen LogP contribution < -0.4 is 19.9 Å². The minimum atomic E-state index is 0.433. The summed E-state index contributed by atoms with van der Waals surface area (Å²) in [6.07, 6.45) is 12.7. The molecule has 0 fully saturated rings. The summed E-state index contributed by atoms with van der Waals surface area (Å²) in [5, 5.41) is 2.28. The maximum Gasteiger partial charge on any atom is 0.162 e. The van der Waals surface area contributed by atoms with Crippen LogP contribution in [0.1, 0.15) is 6.42 Å². The van der Waals surface area contributed by atoms with E-state index < -0.39 is 0 Å². The number of allylic oxidation sites excluding steroid dienone is 5. The lowest BCUT2D eigenvalue weighted by atomic mass is 9.92. The van der Waals surface area contributed by atoms with Crippen molar-refractivity contribution < 1.29 is 9.47 Å². The molecule has 0 bridgehead atoms. The van der Waals surface area contributed by atoms with Gasteiger partial charge in [0.15, 0.2) is 11.5 Å². The van der Waals surface area contributed by atoms with Gasteiger partial charge < -0.3 is 14.4 Å². The highest BCUT2D eigenvalue weighted by Gasteiger charge is 2.20. The lowest BCUT2D eigenvalue weighted by Gasteiger charge is -2.29. The van der Waals surface area contributed by atoms with Gasteiger partial charge in [0.2, 0.25) is 0 Å². The predicted octanol–water partition coefficient (Wildman–Crippen LogP) is 3.05. The lowest BCUT2D eigenvalue weighted by molar-refractivity contribution is 0.307. The molecular formula is C22H23NO2. The first-order valence-corrected chi connectivity index (χ1v) is 8.32. The molecular weight excluding hydrogens is 310 g/mol. The highest BCUT2D eigenvalue weighted by Crippen LogP contribution is 2.31. The Morgan fingerprint density at radius 1 is 1.08 bits per heavy atom. The van der Waals surface area contributed by atoms with Crippen LogP contribution in [0.5, 0.6) is 11.5 Å². The largest absolute Gasteiger partial charge is 0.486 e. The van der Waals surface area contributed by atoms with E-state index in [1.807, 2.05) is 12.1 Å². The normalized spacial score (nSPS) is 15.1. The molecule has 0 N–H and O–H groups in total. The number of ether oxygens (including phenoxy) is 2. The van der Waals surface area contributed by atoms with Crippen molar-refractivity contribution in [3.63, 3.8) is 0 Å². The zero-order chi connectivity index (χ0) is 17.8. The van der Waals surface area contributed by atoms with Gasteiger partial charge in [0.1, 0.15) is 13.2 Å². The predicted molar refractivity (Wildman–Crippen MR) is 104 cm³/mol. The first-order valence-electron chi connectivity index (χ1n) is 8.32. The number of nitrogens with zero attached hydrogens (tertiary/aromatic N) is 1. The average molecular weight is 333 g/mol. The standard InChI is InChI=1S/C22H23NO2/c1-5-11-24-20-13-17-15-23(4)22-16(7-3)9-8-10-18(22)19(17)14-21(20)25-12-6-2/h5-9,13-15H,1-3,10-12H2,4H3. The van der Waals surface area contributed by atoms with Crippen molar-refractivity contribution >= 4 is 11.8 Å². The molecule has 0 radical (unpaired) electrons. The van der Waals surface area contributed by atoms with Gasteiger partial charge in [0.25, 0.3) is 0 Å². The van der Waals surface area contributed by atoms with Gasteiger partial charge in [-0.15, -0.1) is 0 Å². The van der Waals surface area contributed by atoms with E-state index in [9.17, 15) is 0 Å². The molecule has 0 spiro atoms. The van der Waals surface area contributed by atoms with Crippen molar-refractivity contribution in [1.29, 1.82) is 0 Å². The molecule has 2 aliphatic rings. The third kappa shape index (κ3) is 3.18. The Labute approximate surface area is 148 Å². The molecule has 1 heterocycles. The van der Waals surface area contributed by atoms with Gasteiger partial charge >= 0.3 is 0 Å². The molecule has 0 saturated heterocycles. The van der Waals surface area contributed by atoms with Gasteiger partial charge in [-0.1, -0.05) is 50.1 Å². The molecule has 3 rings (SSSR count). The van der Waals surface area contributed by atoms with Crippen LogP contribution in [0.3, 0.4) is 0 Å². The fourth-order valence-corrected chi connectivity index (χ4v) is 3.21. The molecule has 0 aromatic heterocycles. The third-order valence-electron chi connectivity index (χ3n) is 4.24. The Balaban J connectivity index is 2.24. The van der Waals surface area contributed by atoms with Gasteiger partial charge in [0, 0.05) is 18.5 Å². The monoisotopic (exact) mass is 333 g/mol. The molecule has 0 unspecified atom stereocenters. The quantitative estimate of drug-likeness (QED) is 0.716. The van der Waals surface area contributed by atoms with E-state index in [1.54, 1.807) is 12.2 Å². The first kappa shape index (κ1) is 16.9. The van der Waals surface area contributed by atoms with E-state index in [0.29, 0.717) is 19.0 Å². The molecule has 3 heteroatoms. The zero-order valence-corrected chi connectivity index (χ0v) is 14.6. The van der Waals surface area contributed by atoms with Crippen LogP contribution >= 0.6 is 0 Å². The van der Waals surface area contributed by atoms with Crippen LogP contribution in [0.2, 0.25) is 0 Å².